The normalized spacial score (nSPS) is 14.9. The molecule has 0 saturated carbocycles. The van der Waals surface area contributed by atoms with Crippen LogP contribution in [0.3, 0.4) is 0 Å². The third kappa shape index (κ3) is 2.14. The van der Waals surface area contributed by atoms with E-state index in [0.29, 0.717) is 18.8 Å². The minimum absolute atomic E-state index is 0.0690. The Morgan fingerprint density at radius 3 is 1.80 bits per heavy atom. The van der Waals surface area contributed by atoms with Crippen LogP contribution in [-0.4, -0.2) is 24.2 Å². The van der Waals surface area contributed by atoms with Crippen molar-refractivity contribution in [1.29, 1.82) is 0 Å². The van der Waals surface area contributed by atoms with E-state index in [1.165, 1.54) is 0 Å². The van der Waals surface area contributed by atoms with Crippen molar-refractivity contribution >= 4 is 23.1 Å². The summed E-state index contributed by atoms with van der Waals surface area (Å²) in [5.41, 5.74) is 7.95. The second kappa shape index (κ2) is 4.77. The number of aromatic hydroxyl groups is 1. The topological polar surface area (TPSA) is 69.8 Å². The van der Waals surface area contributed by atoms with Gasteiger partial charge in [-0.15, -0.1) is 0 Å². The number of hydrogen-bond acceptors (Lipinski definition) is 3. The molecule has 0 aliphatic carbocycles. The quantitative estimate of drug-likeness (QED) is 0.823. The highest BCUT2D eigenvalue weighted by molar-refractivity contribution is 6.06. The zero-order chi connectivity index (χ0) is 14.1. The van der Waals surface area contributed by atoms with E-state index in [0.717, 1.165) is 11.4 Å². The van der Waals surface area contributed by atoms with E-state index >= 15 is 0 Å². The number of hydrogen-bond donors (Lipinski definition) is 2. The van der Waals surface area contributed by atoms with Crippen LogP contribution < -0.4 is 15.5 Å². The summed E-state index contributed by atoms with van der Waals surface area (Å²) in [6, 6.07) is 13.8. The van der Waals surface area contributed by atoms with Gasteiger partial charge < -0.3 is 10.8 Å². The molecule has 2 amide bonds. The van der Waals surface area contributed by atoms with Crippen molar-refractivity contribution in [2.24, 2.45) is 0 Å². The fourth-order valence-electron chi connectivity index (χ4n) is 2.30. The first-order chi connectivity index (χ1) is 9.65. The van der Waals surface area contributed by atoms with Gasteiger partial charge in [-0.25, -0.2) is 4.79 Å². The van der Waals surface area contributed by atoms with Gasteiger partial charge in [-0.1, -0.05) is 0 Å². The minimum Gasteiger partial charge on any atom is -0.508 e. The molecule has 1 saturated heterocycles. The van der Waals surface area contributed by atoms with Crippen LogP contribution in [-0.2, 0) is 0 Å². The summed E-state index contributed by atoms with van der Waals surface area (Å²) in [7, 11) is 0. The zero-order valence-electron chi connectivity index (χ0n) is 10.9. The highest BCUT2D eigenvalue weighted by Gasteiger charge is 2.30. The van der Waals surface area contributed by atoms with Crippen LogP contribution in [0.25, 0.3) is 0 Å². The number of carbonyl (C=O) groups is 1. The number of phenolic OH excluding ortho intramolecular Hbond substituents is 1. The van der Waals surface area contributed by atoms with Crippen LogP contribution in [0.1, 0.15) is 0 Å². The van der Waals surface area contributed by atoms with Crippen LogP contribution in [0, 0.1) is 0 Å². The van der Waals surface area contributed by atoms with Gasteiger partial charge in [0.2, 0.25) is 0 Å². The molecule has 0 atom stereocenters. The maximum atomic E-state index is 12.4. The van der Waals surface area contributed by atoms with Gasteiger partial charge in [0.15, 0.2) is 0 Å². The smallest absolute Gasteiger partial charge is 0.329 e. The predicted molar refractivity (Wildman–Crippen MR) is 79.0 cm³/mol. The van der Waals surface area contributed by atoms with Crippen LogP contribution in [0.5, 0.6) is 5.75 Å². The van der Waals surface area contributed by atoms with Crippen molar-refractivity contribution in [2.45, 2.75) is 0 Å². The summed E-state index contributed by atoms with van der Waals surface area (Å²) in [6.07, 6.45) is 0. The largest absolute Gasteiger partial charge is 0.508 e. The van der Waals surface area contributed by atoms with Crippen molar-refractivity contribution in [1.82, 2.24) is 0 Å². The number of anilines is 3. The molecule has 3 rings (SSSR count). The molecule has 102 valence electrons. The monoisotopic (exact) mass is 269 g/mol. The van der Waals surface area contributed by atoms with E-state index < -0.39 is 0 Å². The Bertz CT molecular complexity index is 567. The Kier molecular flexibility index (Phi) is 2.95. The van der Waals surface area contributed by atoms with Gasteiger partial charge in [0, 0.05) is 30.2 Å². The standard InChI is InChI=1S/C15H15N3O2/c16-11-1-3-12(4-2-11)17-9-10-18(15(17)20)13-5-7-14(19)8-6-13/h1-8,19H,9-10,16H2. The molecule has 0 aromatic heterocycles. The van der Waals surface area contributed by atoms with Gasteiger partial charge in [0.05, 0.1) is 0 Å². The molecular weight excluding hydrogens is 254 g/mol. The van der Waals surface area contributed by atoms with Gasteiger partial charge in [-0.05, 0) is 48.5 Å². The Morgan fingerprint density at radius 2 is 1.30 bits per heavy atom. The predicted octanol–water partition coefficient (Wildman–Crippen LogP) is 2.42. The number of rotatable bonds is 2. The maximum Gasteiger partial charge on any atom is 0.329 e. The van der Waals surface area contributed by atoms with Gasteiger partial charge in [-0.2, -0.15) is 0 Å². The molecule has 1 heterocycles. The molecule has 0 unspecified atom stereocenters. The Hall–Kier alpha value is -2.69. The molecule has 1 aliphatic rings. The van der Waals surface area contributed by atoms with Crippen molar-refractivity contribution in [2.75, 3.05) is 28.6 Å². The van der Waals surface area contributed by atoms with E-state index in [1.54, 1.807) is 46.2 Å². The number of amides is 2. The molecule has 5 heteroatoms. The number of nitrogen functional groups attached to an aromatic ring is 1. The number of carbonyl (C=O) groups excluding carboxylic acids is 1. The molecule has 5 nitrogen and oxygen atoms in total. The lowest BCUT2D eigenvalue weighted by atomic mass is 10.2. The molecule has 0 bridgehead atoms. The molecule has 1 aliphatic heterocycles. The minimum atomic E-state index is -0.0690. The summed E-state index contributed by atoms with van der Waals surface area (Å²) in [5.74, 6) is 0.191. The Morgan fingerprint density at radius 1 is 0.850 bits per heavy atom. The van der Waals surface area contributed by atoms with E-state index in [4.69, 9.17) is 5.73 Å². The van der Waals surface area contributed by atoms with Crippen LogP contribution >= 0.6 is 0 Å². The lowest BCUT2D eigenvalue weighted by Gasteiger charge is -2.19. The van der Waals surface area contributed by atoms with Crippen LogP contribution in [0.4, 0.5) is 21.9 Å². The molecule has 0 spiro atoms. The molecule has 2 aromatic rings. The van der Waals surface area contributed by atoms with Crippen molar-refractivity contribution in [3.05, 3.63) is 48.5 Å². The lowest BCUT2D eigenvalue weighted by molar-refractivity contribution is 0.256. The van der Waals surface area contributed by atoms with Crippen molar-refractivity contribution < 1.29 is 9.90 Å². The maximum absolute atomic E-state index is 12.4. The SMILES string of the molecule is Nc1ccc(N2CCN(c3ccc(O)cc3)C2=O)cc1. The van der Waals surface area contributed by atoms with Gasteiger partial charge in [-0.3, -0.25) is 9.80 Å². The summed E-state index contributed by atoms with van der Waals surface area (Å²) in [5, 5.41) is 9.30. The Labute approximate surface area is 116 Å². The van der Waals surface area contributed by atoms with Crippen molar-refractivity contribution in [3.63, 3.8) is 0 Å². The number of urea groups is 1. The van der Waals surface area contributed by atoms with Crippen LogP contribution in [0.15, 0.2) is 48.5 Å². The summed E-state index contributed by atoms with van der Waals surface area (Å²) in [6.45, 7) is 1.25. The summed E-state index contributed by atoms with van der Waals surface area (Å²) < 4.78 is 0. The summed E-state index contributed by atoms with van der Waals surface area (Å²) in [4.78, 5) is 15.8. The number of nitrogens with zero attached hydrogens (tertiary/aromatic N) is 2. The number of benzene rings is 2. The fourth-order valence-corrected chi connectivity index (χ4v) is 2.30. The number of phenols is 1. The van der Waals surface area contributed by atoms with Gasteiger partial charge in [0.1, 0.15) is 5.75 Å². The second-order valence-electron chi connectivity index (χ2n) is 4.69. The van der Waals surface area contributed by atoms with E-state index in [1.807, 2.05) is 12.1 Å². The van der Waals surface area contributed by atoms with Gasteiger partial charge >= 0.3 is 6.03 Å². The molecule has 0 radical (unpaired) electrons. The third-order valence-corrected chi connectivity index (χ3v) is 3.38. The number of nitrogens with two attached hydrogens (primary N) is 1. The average Bonchev–Trinajstić information content (AvgIpc) is 2.83. The molecule has 1 fully saturated rings. The van der Waals surface area contributed by atoms with E-state index in [9.17, 15) is 9.90 Å². The van der Waals surface area contributed by atoms with Gasteiger partial charge in [0.25, 0.3) is 0 Å². The van der Waals surface area contributed by atoms with Crippen LogP contribution in [0.2, 0.25) is 0 Å². The molecule has 20 heavy (non-hydrogen) atoms. The first-order valence-corrected chi connectivity index (χ1v) is 6.39. The second-order valence-corrected chi connectivity index (χ2v) is 4.69. The summed E-state index contributed by atoms with van der Waals surface area (Å²) >= 11 is 0. The molecular formula is C15H15N3O2. The molecule has 3 N–H and O–H groups in total. The van der Waals surface area contributed by atoms with Crippen molar-refractivity contribution in [3.8, 4) is 5.75 Å². The lowest BCUT2D eigenvalue weighted by Crippen LogP contribution is -2.31. The highest BCUT2D eigenvalue weighted by Crippen LogP contribution is 2.26. The van der Waals surface area contributed by atoms with E-state index in [2.05, 4.69) is 0 Å². The Balaban J connectivity index is 1.83. The first-order valence-electron chi connectivity index (χ1n) is 6.39. The third-order valence-electron chi connectivity index (χ3n) is 3.38. The molecule has 2 aromatic carbocycles. The first kappa shape index (κ1) is 12.3. The average molecular weight is 269 g/mol. The zero-order valence-corrected chi connectivity index (χ0v) is 10.9. The fraction of sp³-hybridized carbons (Fsp3) is 0.133. The van der Waals surface area contributed by atoms with E-state index in [-0.39, 0.29) is 11.8 Å². The highest BCUT2D eigenvalue weighted by atomic mass is 16.3.